The van der Waals surface area contributed by atoms with Gasteiger partial charge in [0, 0.05) is 37.4 Å². The van der Waals surface area contributed by atoms with E-state index in [1.807, 2.05) is 55.5 Å². The number of rotatable bonds is 4. The molecule has 4 rings (SSSR count). The Labute approximate surface area is 169 Å². The van der Waals surface area contributed by atoms with Crippen molar-refractivity contribution in [3.63, 3.8) is 0 Å². The number of benzene rings is 2. The topological polar surface area (TPSA) is 90.4 Å². The molecule has 2 aromatic carbocycles. The number of nitrogens with zero attached hydrogens (tertiary/aromatic N) is 4. The number of nitriles is 1. The van der Waals surface area contributed by atoms with Crippen molar-refractivity contribution in [2.24, 2.45) is 0 Å². The summed E-state index contributed by atoms with van der Waals surface area (Å²) >= 11 is 0. The standard InChI is InChI=1S/C21H20N4O3S/c1-16-7-9-17(10-8-16)20-23-19(15-22)21(28-20)29(26,27)25-13-11-24(12-14-25)18-5-3-2-4-6-18/h2-10H,11-14H2,1H3. The molecule has 1 fully saturated rings. The zero-order valence-corrected chi connectivity index (χ0v) is 16.8. The van der Waals surface area contributed by atoms with Crippen LogP contribution in [0.3, 0.4) is 0 Å². The van der Waals surface area contributed by atoms with Crippen LogP contribution in [-0.4, -0.2) is 43.9 Å². The summed E-state index contributed by atoms with van der Waals surface area (Å²) in [6, 6.07) is 19.1. The Hall–Kier alpha value is -3.15. The van der Waals surface area contributed by atoms with Gasteiger partial charge in [-0.15, -0.1) is 0 Å². The fourth-order valence-corrected chi connectivity index (χ4v) is 4.71. The zero-order valence-electron chi connectivity index (χ0n) is 15.9. The second kappa shape index (κ2) is 7.70. The second-order valence-electron chi connectivity index (χ2n) is 6.86. The molecule has 0 aliphatic carbocycles. The molecule has 0 amide bonds. The Morgan fingerprint density at radius 2 is 1.66 bits per heavy atom. The summed E-state index contributed by atoms with van der Waals surface area (Å²) < 4.78 is 33.2. The first-order chi connectivity index (χ1) is 14.0. The van der Waals surface area contributed by atoms with E-state index in [4.69, 9.17) is 4.42 Å². The Morgan fingerprint density at radius 3 is 2.28 bits per heavy atom. The quantitative estimate of drug-likeness (QED) is 0.659. The van der Waals surface area contributed by atoms with Gasteiger partial charge >= 0.3 is 0 Å². The van der Waals surface area contributed by atoms with E-state index >= 15 is 0 Å². The predicted molar refractivity (Wildman–Crippen MR) is 109 cm³/mol. The first kappa shape index (κ1) is 19.2. The summed E-state index contributed by atoms with van der Waals surface area (Å²) in [5, 5.41) is 9.03. The fraction of sp³-hybridized carbons (Fsp3) is 0.238. The summed E-state index contributed by atoms with van der Waals surface area (Å²) in [6.45, 7) is 3.69. The number of hydrogen-bond donors (Lipinski definition) is 0. The van der Waals surface area contributed by atoms with Crippen LogP contribution >= 0.6 is 0 Å². The van der Waals surface area contributed by atoms with Gasteiger partial charge in [0.25, 0.3) is 15.1 Å². The third kappa shape index (κ3) is 3.75. The lowest BCUT2D eigenvalue weighted by molar-refractivity contribution is 0.363. The van der Waals surface area contributed by atoms with Crippen LogP contribution in [0.25, 0.3) is 11.5 Å². The van der Waals surface area contributed by atoms with Crippen LogP contribution in [0.1, 0.15) is 11.3 Å². The molecule has 1 aromatic heterocycles. The normalized spacial score (nSPS) is 15.2. The lowest BCUT2D eigenvalue weighted by Gasteiger charge is -2.34. The van der Waals surface area contributed by atoms with Gasteiger partial charge in [-0.05, 0) is 31.2 Å². The molecule has 1 aliphatic heterocycles. The van der Waals surface area contributed by atoms with Gasteiger partial charge in [0.15, 0.2) is 5.69 Å². The predicted octanol–water partition coefficient (Wildman–Crippen LogP) is 3.03. The molecule has 1 aliphatic rings. The van der Waals surface area contributed by atoms with Crippen molar-refractivity contribution in [3.05, 3.63) is 65.9 Å². The van der Waals surface area contributed by atoms with E-state index in [1.54, 1.807) is 12.1 Å². The van der Waals surface area contributed by atoms with E-state index in [0.29, 0.717) is 31.7 Å². The van der Waals surface area contributed by atoms with Crippen molar-refractivity contribution in [1.82, 2.24) is 9.29 Å². The zero-order chi connectivity index (χ0) is 20.4. The molecule has 0 spiro atoms. The molecule has 0 N–H and O–H groups in total. The number of piperazine rings is 1. The van der Waals surface area contributed by atoms with Crippen molar-refractivity contribution in [2.45, 2.75) is 12.0 Å². The fourth-order valence-electron chi connectivity index (χ4n) is 3.31. The van der Waals surface area contributed by atoms with Gasteiger partial charge in [-0.1, -0.05) is 35.9 Å². The molecule has 0 unspecified atom stereocenters. The highest BCUT2D eigenvalue weighted by molar-refractivity contribution is 7.89. The molecular weight excluding hydrogens is 388 g/mol. The van der Waals surface area contributed by atoms with E-state index in [2.05, 4.69) is 9.88 Å². The highest BCUT2D eigenvalue weighted by Gasteiger charge is 2.35. The Bertz CT molecular complexity index is 1140. The number of para-hydroxylation sites is 1. The number of anilines is 1. The maximum Gasteiger partial charge on any atom is 0.279 e. The average Bonchev–Trinajstić information content (AvgIpc) is 3.20. The number of hydrogen-bond acceptors (Lipinski definition) is 6. The Balaban J connectivity index is 1.58. The molecule has 1 saturated heterocycles. The third-order valence-electron chi connectivity index (χ3n) is 4.93. The van der Waals surface area contributed by atoms with Crippen LogP contribution in [0.5, 0.6) is 0 Å². The highest BCUT2D eigenvalue weighted by atomic mass is 32.2. The Kier molecular flexibility index (Phi) is 5.09. The van der Waals surface area contributed by atoms with Gasteiger partial charge in [0.2, 0.25) is 5.89 Å². The van der Waals surface area contributed by atoms with Crippen molar-refractivity contribution in [1.29, 1.82) is 5.26 Å². The second-order valence-corrected chi connectivity index (χ2v) is 8.70. The molecule has 7 nitrogen and oxygen atoms in total. The molecule has 0 atom stereocenters. The lowest BCUT2D eigenvalue weighted by Crippen LogP contribution is -2.48. The number of aryl methyl sites for hydroxylation is 1. The summed E-state index contributed by atoms with van der Waals surface area (Å²) in [5.74, 6) is 0.128. The first-order valence-electron chi connectivity index (χ1n) is 9.27. The van der Waals surface area contributed by atoms with E-state index in [1.165, 1.54) is 4.31 Å². The van der Waals surface area contributed by atoms with Crippen molar-refractivity contribution in [2.75, 3.05) is 31.1 Å². The minimum atomic E-state index is -3.95. The monoisotopic (exact) mass is 408 g/mol. The van der Waals surface area contributed by atoms with Crippen LogP contribution < -0.4 is 4.90 Å². The first-order valence-corrected chi connectivity index (χ1v) is 10.7. The van der Waals surface area contributed by atoms with Crippen LogP contribution in [0.15, 0.2) is 64.1 Å². The number of aromatic nitrogens is 1. The van der Waals surface area contributed by atoms with Crippen LogP contribution in [-0.2, 0) is 10.0 Å². The average molecular weight is 408 g/mol. The van der Waals surface area contributed by atoms with E-state index in [0.717, 1.165) is 11.3 Å². The SMILES string of the molecule is Cc1ccc(-c2nc(C#N)c(S(=O)(=O)N3CCN(c4ccccc4)CC3)o2)cc1. The van der Waals surface area contributed by atoms with Gasteiger partial charge < -0.3 is 9.32 Å². The van der Waals surface area contributed by atoms with Gasteiger partial charge in [0.05, 0.1) is 0 Å². The summed E-state index contributed by atoms with van der Waals surface area (Å²) in [6.07, 6.45) is 0. The maximum absolute atomic E-state index is 13.1. The van der Waals surface area contributed by atoms with Crippen LogP contribution in [0, 0.1) is 18.3 Å². The summed E-state index contributed by atoms with van der Waals surface area (Å²) in [5.41, 5.74) is 2.53. The molecule has 148 valence electrons. The molecule has 0 bridgehead atoms. The minimum absolute atomic E-state index is 0.128. The smallest absolute Gasteiger partial charge is 0.279 e. The summed E-state index contributed by atoms with van der Waals surface area (Å²) in [7, 11) is -3.95. The van der Waals surface area contributed by atoms with Crippen LogP contribution in [0.4, 0.5) is 5.69 Å². The summed E-state index contributed by atoms with van der Waals surface area (Å²) in [4.78, 5) is 6.24. The molecular formula is C21H20N4O3S. The van der Waals surface area contributed by atoms with Gasteiger partial charge in [-0.25, -0.2) is 8.42 Å². The van der Waals surface area contributed by atoms with Crippen LogP contribution in [0.2, 0.25) is 0 Å². The highest BCUT2D eigenvalue weighted by Crippen LogP contribution is 2.28. The van der Waals surface area contributed by atoms with Crippen molar-refractivity contribution >= 4 is 15.7 Å². The molecule has 8 heteroatoms. The largest absolute Gasteiger partial charge is 0.422 e. The van der Waals surface area contributed by atoms with Crippen molar-refractivity contribution < 1.29 is 12.8 Å². The van der Waals surface area contributed by atoms with Gasteiger partial charge in [-0.3, -0.25) is 0 Å². The number of oxazole rings is 1. The van der Waals surface area contributed by atoms with Crippen molar-refractivity contribution in [3.8, 4) is 17.5 Å². The molecule has 0 saturated carbocycles. The van der Waals surface area contributed by atoms with E-state index in [9.17, 15) is 13.7 Å². The Morgan fingerprint density at radius 1 is 1.00 bits per heavy atom. The maximum atomic E-state index is 13.1. The van der Waals surface area contributed by atoms with E-state index < -0.39 is 10.0 Å². The molecule has 3 aromatic rings. The number of sulfonamides is 1. The van der Waals surface area contributed by atoms with E-state index in [-0.39, 0.29) is 16.7 Å². The molecule has 2 heterocycles. The molecule has 0 radical (unpaired) electrons. The van der Waals surface area contributed by atoms with Gasteiger partial charge in [-0.2, -0.15) is 14.6 Å². The third-order valence-corrected chi connectivity index (χ3v) is 6.72. The molecule has 29 heavy (non-hydrogen) atoms. The van der Waals surface area contributed by atoms with Gasteiger partial charge in [0.1, 0.15) is 6.07 Å². The minimum Gasteiger partial charge on any atom is -0.422 e. The lowest BCUT2D eigenvalue weighted by atomic mass is 10.1.